The third kappa shape index (κ3) is 2.22. The van der Waals surface area contributed by atoms with Crippen molar-refractivity contribution in [1.82, 2.24) is 10.6 Å². The first kappa shape index (κ1) is 11.5. The second-order valence-electron chi connectivity index (χ2n) is 6.29. The van der Waals surface area contributed by atoms with Crippen molar-refractivity contribution in [3.8, 4) is 0 Å². The Labute approximate surface area is 104 Å². The molecule has 0 spiro atoms. The molecule has 0 aromatic rings. The monoisotopic (exact) mass is 236 g/mol. The summed E-state index contributed by atoms with van der Waals surface area (Å²) in [5.41, 5.74) is 0. The third-order valence-electron chi connectivity index (χ3n) is 5.10. The number of rotatable bonds is 4. The molecule has 0 radical (unpaired) electrons. The molecule has 0 atom stereocenters. The molecule has 96 valence electrons. The van der Waals surface area contributed by atoms with Crippen molar-refractivity contribution in [1.29, 1.82) is 0 Å². The van der Waals surface area contributed by atoms with Crippen molar-refractivity contribution in [2.75, 3.05) is 13.1 Å². The molecule has 0 aromatic carbocycles. The largest absolute Gasteiger partial charge is 0.355 e. The van der Waals surface area contributed by atoms with Gasteiger partial charge in [0.05, 0.1) is 6.54 Å². The van der Waals surface area contributed by atoms with Crippen molar-refractivity contribution >= 4 is 5.91 Å². The van der Waals surface area contributed by atoms with Crippen LogP contribution in [0.4, 0.5) is 0 Å². The van der Waals surface area contributed by atoms with E-state index in [4.69, 9.17) is 0 Å². The minimum Gasteiger partial charge on any atom is -0.355 e. The van der Waals surface area contributed by atoms with E-state index in [0.717, 1.165) is 30.2 Å². The minimum absolute atomic E-state index is 0.154. The lowest BCUT2D eigenvalue weighted by Crippen LogP contribution is -2.55. The summed E-state index contributed by atoms with van der Waals surface area (Å²) in [5.74, 6) is 3.91. The molecule has 0 saturated heterocycles. The van der Waals surface area contributed by atoms with Gasteiger partial charge in [0.15, 0.2) is 0 Å². The topological polar surface area (TPSA) is 41.1 Å². The maximum absolute atomic E-state index is 11.5. The molecule has 4 bridgehead atoms. The zero-order valence-corrected chi connectivity index (χ0v) is 10.7. The maximum atomic E-state index is 11.5. The van der Waals surface area contributed by atoms with Crippen molar-refractivity contribution in [3.63, 3.8) is 0 Å². The van der Waals surface area contributed by atoms with Crippen molar-refractivity contribution in [3.05, 3.63) is 0 Å². The fourth-order valence-electron chi connectivity index (χ4n) is 4.73. The van der Waals surface area contributed by atoms with Gasteiger partial charge in [0, 0.05) is 12.6 Å². The summed E-state index contributed by atoms with van der Waals surface area (Å²) in [6.45, 7) is 3.23. The summed E-state index contributed by atoms with van der Waals surface area (Å²) < 4.78 is 0. The number of carbonyl (C=O) groups excluding carboxylic acids is 1. The van der Waals surface area contributed by atoms with Crippen LogP contribution in [0.3, 0.4) is 0 Å². The van der Waals surface area contributed by atoms with Crippen LogP contribution in [0.5, 0.6) is 0 Å². The molecule has 0 unspecified atom stereocenters. The third-order valence-corrected chi connectivity index (χ3v) is 5.10. The molecule has 0 aliphatic heterocycles. The smallest absolute Gasteiger partial charge is 0.233 e. The van der Waals surface area contributed by atoms with Gasteiger partial charge in [0.1, 0.15) is 0 Å². The van der Waals surface area contributed by atoms with E-state index in [1.54, 1.807) is 0 Å². The van der Waals surface area contributed by atoms with E-state index in [1.165, 1.54) is 32.1 Å². The molecule has 4 aliphatic rings. The number of hydrogen-bond donors (Lipinski definition) is 2. The molecule has 0 heterocycles. The van der Waals surface area contributed by atoms with Crippen molar-refractivity contribution < 1.29 is 4.79 Å². The van der Waals surface area contributed by atoms with Crippen LogP contribution in [0.25, 0.3) is 0 Å². The first-order chi connectivity index (χ1) is 8.26. The summed E-state index contributed by atoms with van der Waals surface area (Å²) >= 11 is 0. The van der Waals surface area contributed by atoms with Gasteiger partial charge < -0.3 is 10.6 Å². The van der Waals surface area contributed by atoms with Gasteiger partial charge in [-0.2, -0.15) is 0 Å². The van der Waals surface area contributed by atoms with Gasteiger partial charge >= 0.3 is 0 Å². The van der Waals surface area contributed by atoms with E-state index in [1.807, 2.05) is 6.92 Å². The quantitative estimate of drug-likeness (QED) is 0.777. The van der Waals surface area contributed by atoms with Crippen molar-refractivity contribution in [2.45, 2.75) is 45.1 Å². The van der Waals surface area contributed by atoms with Crippen LogP contribution in [0.2, 0.25) is 0 Å². The summed E-state index contributed by atoms with van der Waals surface area (Å²) in [5, 5.41) is 6.40. The van der Waals surface area contributed by atoms with Gasteiger partial charge in [-0.3, -0.25) is 4.79 Å². The minimum atomic E-state index is 0.154. The Morgan fingerprint density at radius 2 is 1.65 bits per heavy atom. The molecule has 2 N–H and O–H groups in total. The number of likely N-dealkylation sites (N-methyl/N-ethyl adjacent to an activating group) is 1. The van der Waals surface area contributed by atoms with Crippen LogP contribution in [0.15, 0.2) is 0 Å². The Bertz CT molecular complexity index is 275. The second-order valence-corrected chi connectivity index (χ2v) is 6.29. The molecule has 1 amide bonds. The van der Waals surface area contributed by atoms with E-state index in [0.29, 0.717) is 12.6 Å². The Hall–Kier alpha value is -0.570. The first-order valence-corrected chi connectivity index (χ1v) is 7.26. The van der Waals surface area contributed by atoms with Crippen LogP contribution in [0, 0.1) is 23.7 Å². The van der Waals surface area contributed by atoms with E-state index >= 15 is 0 Å². The highest BCUT2D eigenvalue weighted by atomic mass is 16.1. The molecule has 4 fully saturated rings. The standard InChI is InChI=1S/C14H24N2O/c1-2-15-13(17)8-16-14-11-4-9-3-10(6-11)7-12(14)5-9/h9-12,14,16H,2-8H2,1H3,(H,15,17). The lowest BCUT2D eigenvalue weighted by molar-refractivity contribution is -0.120. The second kappa shape index (κ2) is 4.60. The summed E-state index contributed by atoms with van der Waals surface area (Å²) in [4.78, 5) is 11.5. The lowest BCUT2D eigenvalue weighted by Gasteiger charge is -2.54. The Balaban J connectivity index is 1.55. The highest BCUT2D eigenvalue weighted by Crippen LogP contribution is 2.53. The van der Waals surface area contributed by atoms with Gasteiger partial charge in [0.25, 0.3) is 0 Å². The molecular formula is C14H24N2O. The van der Waals surface area contributed by atoms with Crippen LogP contribution in [-0.2, 0) is 4.79 Å². The summed E-state index contributed by atoms with van der Waals surface area (Å²) in [6.07, 6.45) is 7.16. The Morgan fingerprint density at radius 1 is 1.06 bits per heavy atom. The zero-order valence-electron chi connectivity index (χ0n) is 10.7. The highest BCUT2D eigenvalue weighted by Gasteiger charge is 2.47. The molecule has 0 aromatic heterocycles. The fraction of sp³-hybridized carbons (Fsp3) is 0.929. The van der Waals surface area contributed by atoms with Gasteiger partial charge in [0.2, 0.25) is 5.91 Å². The summed E-state index contributed by atoms with van der Waals surface area (Å²) in [6, 6.07) is 0.630. The van der Waals surface area contributed by atoms with Crippen molar-refractivity contribution in [2.24, 2.45) is 23.7 Å². The van der Waals surface area contributed by atoms with Crippen LogP contribution in [-0.4, -0.2) is 25.0 Å². The van der Waals surface area contributed by atoms with Gasteiger partial charge in [-0.15, -0.1) is 0 Å². The Morgan fingerprint density at radius 3 is 2.18 bits per heavy atom. The SMILES string of the molecule is CCNC(=O)CNC1C2CC3CC(C2)CC1C3. The molecule has 3 nitrogen and oxygen atoms in total. The molecule has 4 aliphatic carbocycles. The van der Waals surface area contributed by atoms with Gasteiger partial charge in [-0.1, -0.05) is 0 Å². The molecular weight excluding hydrogens is 212 g/mol. The molecule has 4 saturated carbocycles. The lowest BCUT2D eigenvalue weighted by atomic mass is 9.54. The average molecular weight is 236 g/mol. The number of carbonyl (C=O) groups is 1. The van der Waals surface area contributed by atoms with E-state index in [-0.39, 0.29) is 5.91 Å². The molecule has 4 rings (SSSR count). The zero-order chi connectivity index (χ0) is 11.8. The van der Waals surface area contributed by atoms with E-state index < -0.39 is 0 Å². The molecule has 3 heteroatoms. The van der Waals surface area contributed by atoms with Crippen LogP contribution >= 0.6 is 0 Å². The number of amides is 1. The van der Waals surface area contributed by atoms with Gasteiger partial charge in [-0.05, 0) is 62.7 Å². The normalized spacial score (nSPS) is 42.8. The maximum Gasteiger partial charge on any atom is 0.233 e. The number of nitrogens with one attached hydrogen (secondary N) is 2. The Kier molecular flexibility index (Phi) is 3.12. The van der Waals surface area contributed by atoms with E-state index in [2.05, 4.69) is 10.6 Å². The predicted octanol–water partition coefficient (Wildman–Crippen LogP) is 1.54. The predicted molar refractivity (Wildman–Crippen MR) is 67.5 cm³/mol. The highest BCUT2D eigenvalue weighted by molar-refractivity contribution is 5.77. The first-order valence-electron chi connectivity index (χ1n) is 7.26. The number of hydrogen-bond acceptors (Lipinski definition) is 2. The van der Waals surface area contributed by atoms with E-state index in [9.17, 15) is 4.79 Å². The molecule has 17 heavy (non-hydrogen) atoms. The average Bonchev–Trinajstić information content (AvgIpc) is 2.27. The van der Waals surface area contributed by atoms with Gasteiger partial charge in [-0.25, -0.2) is 0 Å². The summed E-state index contributed by atoms with van der Waals surface area (Å²) in [7, 11) is 0. The van der Waals surface area contributed by atoms with Crippen LogP contribution in [0.1, 0.15) is 39.0 Å². The fourth-order valence-corrected chi connectivity index (χ4v) is 4.73. The van der Waals surface area contributed by atoms with Crippen LogP contribution < -0.4 is 10.6 Å².